The molecule has 9 heteroatoms. The highest BCUT2D eigenvalue weighted by atomic mass is 19.1. The maximum absolute atomic E-state index is 16.9. The molecule has 4 aliphatic heterocycles. The molecule has 0 amide bonds. The molecule has 4 aliphatic rings. The normalized spacial score (nSPS) is 27.4. The Balaban J connectivity index is 1.53. The number of alkyl halides is 1. The van der Waals surface area contributed by atoms with Crippen molar-refractivity contribution in [2.45, 2.75) is 110 Å². The van der Waals surface area contributed by atoms with Crippen LogP contribution in [0.3, 0.4) is 0 Å². The summed E-state index contributed by atoms with van der Waals surface area (Å²) in [5.74, 6) is 6.89. The molecule has 4 fully saturated rings. The zero-order valence-corrected chi connectivity index (χ0v) is 26.4. The highest BCUT2D eigenvalue weighted by molar-refractivity contribution is 5.96. The molecular weight excluding hydrogens is 546 g/mol. The number of fused-ring (bicyclic) bond motifs is 4. The standard InChI is InChI=1S/C34H46F2N6O/c1-6-9-11-27-28-31(29(36)30(38-27)26(8-3)25(7-2)21(4)5)39-33(40-32(28)41-18-23-12-13-24(19-41)37-23)43-20-34-14-10-15-42(34)17-22(35)16-34/h21-24,37H,6-8,10,12-20H2,1-5H3/b26-25-/t22-,23?,24?,34+/m1/s1. The van der Waals surface area contributed by atoms with E-state index in [-0.39, 0.29) is 23.0 Å². The summed E-state index contributed by atoms with van der Waals surface area (Å²) in [6.45, 7) is 13.6. The highest BCUT2D eigenvalue weighted by Gasteiger charge is 2.49. The number of rotatable bonds is 8. The molecule has 232 valence electrons. The van der Waals surface area contributed by atoms with Crippen molar-refractivity contribution >= 4 is 22.3 Å². The number of hydrogen-bond donors (Lipinski definition) is 1. The molecule has 4 saturated heterocycles. The SMILES string of the molecule is CCC#Cc1nc(/C(CC)=C(/CC)C(C)C)c(F)c2nc(OC[C@@]34CCCN3C[C@H](F)C4)nc(N3CC4CCC(C3)N4)c12. The predicted molar refractivity (Wildman–Crippen MR) is 168 cm³/mol. The van der Waals surface area contributed by atoms with E-state index >= 15 is 4.39 Å². The molecule has 1 N–H and O–H groups in total. The lowest BCUT2D eigenvalue weighted by Crippen LogP contribution is -2.51. The number of ether oxygens (including phenoxy) is 1. The van der Waals surface area contributed by atoms with Gasteiger partial charge in [-0.05, 0) is 62.5 Å². The second-order valence-electron chi connectivity index (χ2n) is 13.1. The number of halogens is 2. The number of allylic oxidation sites excluding steroid dienone is 2. The van der Waals surface area contributed by atoms with E-state index in [0.717, 1.165) is 57.3 Å². The predicted octanol–water partition coefficient (Wildman–Crippen LogP) is 6.05. The summed E-state index contributed by atoms with van der Waals surface area (Å²) in [5, 5.41) is 4.24. The van der Waals surface area contributed by atoms with Gasteiger partial charge in [-0.3, -0.25) is 4.90 Å². The van der Waals surface area contributed by atoms with Crippen LogP contribution in [-0.2, 0) is 0 Å². The van der Waals surface area contributed by atoms with E-state index in [0.29, 0.717) is 67.1 Å². The second-order valence-corrected chi connectivity index (χ2v) is 13.1. The van der Waals surface area contributed by atoms with Crippen LogP contribution in [0.5, 0.6) is 6.01 Å². The van der Waals surface area contributed by atoms with Crippen LogP contribution < -0.4 is 15.0 Å². The summed E-state index contributed by atoms with van der Waals surface area (Å²) in [7, 11) is 0. The molecule has 2 bridgehead atoms. The Labute approximate surface area is 254 Å². The first kappa shape index (κ1) is 30.2. The third kappa shape index (κ3) is 5.62. The topological polar surface area (TPSA) is 66.4 Å². The summed E-state index contributed by atoms with van der Waals surface area (Å²) in [6.07, 6.45) is 5.84. The second kappa shape index (κ2) is 12.3. The van der Waals surface area contributed by atoms with Crippen molar-refractivity contribution in [3.63, 3.8) is 0 Å². The molecule has 0 aliphatic carbocycles. The number of pyridine rings is 1. The smallest absolute Gasteiger partial charge is 0.319 e. The van der Waals surface area contributed by atoms with E-state index in [1.807, 2.05) is 6.92 Å². The summed E-state index contributed by atoms with van der Waals surface area (Å²) in [4.78, 5) is 19.1. The Morgan fingerprint density at radius 1 is 1.09 bits per heavy atom. The first-order chi connectivity index (χ1) is 20.8. The summed E-state index contributed by atoms with van der Waals surface area (Å²) in [5.41, 5.74) is 2.80. The molecule has 43 heavy (non-hydrogen) atoms. The van der Waals surface area contributed by atoms with Gasteiger partial charge < -0.3 is 15.0 Å². The number of hydrogen-bond acceptors (Lipinski definition) is 7. The van der Waals surface area contributed by atoms with Crippen molar-refractivity contribution < 1.29 is 13.5 Å². The van der Waals surface area contributed by atoms with E-state index in [1.165, 1.54) is 5.57 Å². The fraction of sp³-hybridized carbons (Fsp3) is 0.676. The molecule has 6 rings (SSSR count). The van der Waals surface area contributed by atoms with Crippen LogP contribution in [0.25, 0.3) is 16.5 Å². The zero-order valence-electron chi connectivity index (χ0n) is 26.4. The van der Waals surface area contributed by atoms with Crippen molar-refractivity contribution in [1.29, 1.82) is 0 Å². The van der Waals surface area contributed by atoms with Crippen molar-refractivity contribution in [3.8, 4) is 17.9 Å². The lowest BCUT2D eigenvalue weighted by Gasteiger charge is -2.35. The molecule has 0 spiro atoms. The summed E-state index contributed by atoms with van der Waals surface area (Å²) < 4.78 is 37.7. The number of anilines is 1. The molecule has 0 saturated carbocycles. The molecule has 7 nitrogen and oxygen atoms in total. The molecular formula is C34H46F2N6O. The van der Waals surface area contributed by atoms with E-state index in [9.17, 15) is 4.39 Å². The molecule has 6 heterocycles. The maximum Gasteiger partial charge on any atom is 0.319 e. The van der Waals surface area contributed by atoms with Gasteiger partial charge in [-0.25, -0.2) is 13.8 Å². The van der Waals surface area contributed by atoms with Crippen molar-refractivity contribution in [1.82, 2.24) is 25.2 Å². The Bertz CT molecular complexity index is 1450. The molecule has 0 radical (unpaired) electrons. The largest absolute Gasteiger partial charge is 0.461 e. The van der Waals surface area contributed by atoms with Gasteiger partial charge >= 0.3 is 6.01 Å². The van der Waals surface area contributed by atoms with Gasteiger partial charge in [0.15, 0.2) is 5.82 Å². The van der Waals surface area contributed by atoms with Crippen LogP contribution in [0.15, 0.2) is 5.57 Å². The highest BCUT2D eigenvalue weighted by Crippen LogP contribution is 2.41. The number of aromatic nitrogens is 3. The van der Waals surface area contributed by atoms with Crippen molar-refractivity contribution in [2.24, 2.45) is 5.92 Å². The minimum absolute atomic E-state index is 0.143. The van der Waals surface area contributed by atoms with Gasteiger partial charge in [0.25, 0.3) is 0 Å². The lowest BCUT2D eigenvalue weighted by molar-refractivity contribution is 0.107. The number of nitrogens with one attached hydrogen (secondary N) is 1. The van der Waals surface area contributed by atoms with Crippen molar-refractivity contribution in [2.75, 3.05) is 37.7 Å². The summed E-state index contributed by atoms with van der Waals surface area (Å²) in [6, 6.07) is 0.854. The van der Waals surface area contributed by atoms with E-state index in [4.69, 9.17) is 19.7 Å². The monoisotopic (exact) mass is 592 g/mol. The first-order valence-corrected chi connectivity index (χ1v) is 16.4. The van der Waals surface area contributed by atoms with Crippen LogP contribution >= 0.6 is 0 Å². The van der Waals surface area contributed by atoms with Crippen LogP contribution in [0.1, 0.15) is 97.4 Å². The lowest BCUT2D eigenvalue weighted by atomic mass is 9.91. The number of nitrogens with zero attached hydrogens (tertiary/aromatic N) is 5. The molecule has 2 aromatic heterocycles. The molecule has 2 aromatic rings. The molecule has 2 unspecified atom stereocenters. The number of piperazine rings is 1. The van der Waals surface area contributed by atoms with Crippen molar-refractivity contribution in [3.05, 3.63) is 22.8 Å². The quantitative estimate of drug-likeness (QED) is 0.375. The fourth-order valence-electron chi connectivity index (χ4n) is 8.02. The van der Waals surface area contributed by atoms with Gasteiger partial charge in [-0.2, -0.15) is 9.97 Å². The Kier molecular flexibility index (Phi) is 8.63. The van der Waals surface area contributed by atoms with Gasteiger partial charge in [0.05, 0.1) is 10.9 Å². The third-order valence-corrected chi connectivity index (χ3v) is 9.98. The Morgan fingerprint density at radius 2 is 1.86 bits per heavy atom. The minimum atomic E-state index is -0.855. The van der Waals surface area contributed by atoms with Gasteiger partial charge in [0.1, 0.15) is 35.5 Å². The van der Waals surface area contributed by atoms with Crippen LogP contribution in [-0.4, -0.2) is 76.4 Å². The fourth-order valence-corrected chi connectivity index (χ4v) is 8.02. The summed E-state index contributed by atoms with van der Waals surface area (Å²) >= 11 is 0. The molecule has 0 aromatic carbocycles. The van der Waals surface area contributed by atoms with Crippen LogP contribution in [0.4, 0.5) is 14.6 Å². The average Bonchev–Trinajstić information content (AvgIpc) is 3.64. The maximum atomic E-state index is 16.9. The first-order valence-electron chi connectivity index (χ1n) is 16.4. The zero-order chi connectivity index (χ0) is 30.3. The third-order valence-electron chi connectivity index (χ3n) is 9.98. The van der Waals surface area contributed by atoms with Crippen LogP contribution in [0, 0.1) is 23.6 Å². The van der Waals surface area contributed by atoms with Gasteiger partial charge in [-0.1, -0.05) is 46.1 Å². The van der Waals surface area contributed by atoms with E-state index in [2.05, 4.69) is 54.7 Å². The van der Waals surface area contributed by atoms with Gasteiger partial charge in [0.2, 0.25) is 0 Å². The molecule has 4 atom stereocenters. The van der Waals surface area contributed by atoms with E-state index in [1.54, 1.807) is 0 Å². The Hall–Kier alpha value is -2.83. The average molecular weight is 593 g/mol. The van der Waals surface area contributed by atoms with E-state index < -0.39 is 12.0 Å². The van der Waals surface area contributed by atoms with Crippen LogP contribution in [0.2, 0.25) is 0 Å². The van der Waals surface area contributed by atoms with Gasteiger partial charge in [-0.15, -0.1) is 0 Å². The van der Waals surface area contributed by atoms with Gasteiger partial charge in [0, 0.05) is 44.6 Å². The Morgan fingerprint density at radius 3 is 2.53 bits per heavy atom. The minimum Gasteiger partial charge on any atom is -0.461 e.